The minimum absolute atomic E-state index is 0.102. The van der Waals surface area contributed by atoms with Crippen molar-refractivity contribution in [2.75, 3.05) is 19.7 Å². The molecular formula is C36H64N2O3. The van der Waals surface area contributed by atoms with Crippen molar-refractivity contribution >= 4 is 11.8 Å². The van der Waals surface area contributed by atoms with Gasteiger partial charge in [0.25, 0.3) is 11.8 Å². The highest BCUT2D eigenvalue weighted by atomic mass is 16.5. The number of rotatable bonds is 28. The van der Waals surface area contributed by atoms with Crippen LogP contribution in [0.25, 0.3) is 0 Å². The fraction of sp³-hybridized carbons (Fsp3) is 0.778. The first-order valence-corrected chi connectivity index (χ1v) is 17.5. The van der Waals surface area contributed by atoms with Crippen LogP contribution in [0, 0.1) is 0 Å². The van der Waals surface area contributed by atoms with Crippen molar-refractivity contribution in [1.82, 2.24) is 10.6 Å². The first kappa shape index (κ1) is 37.0. The predicted molar refractivity (Wildman–Crippen MR) is 175 cm³/mol. The number of nitrogens with one attached hydrogen (secondary N) is 2. The van der Waals surface area contributed by atoms with Gasteiger partial charge in [0.15, 0.2) is 0 Å². The molecular weight excluding hydrogens is 508 g/mol. The summed E-state index contributed by atoms with van der Waals surface area (Å²) < 4.78 is 6.12. The van der Waals surface area contributed by atoms with E-state index in [1.54, 1.807) is 18.2 Å². The summed E-state index contributed by atoms with van der Waals surface area (Å²) in [5.74, 6) is 0.294. The Hall–Kier alpha value is -2.04. The Morgan fingerprint density at radius 2 is 0.951 bits per heavy atom. The molecule has 0 bridgehead atoms. The van der Waals surface area contributed by atoms with Crippen molar-refractivity contribution in [2.45, 2.75) is 162 Å². The summed E-state index contributed by atoms with van der Waals surface area (Å²) in [4.78, 5) is 25.6. The van der Waals surface area contributed by atoms with Crippen molar-refractivity contribution in [3.63, 3.8) is 0 Å². The van der Waals surface area contributed by atoms with Gasteiger partial charge in [-0.3, -0.25) is 9.59 Å². The maximum atomic E-state index is 12.9. The van der Waals surface area contributed by atoms with Crippen LogP contribution in [0.4, 0.5) is 0 Å². The van der Waals surface area contributed by atoms with Crippen molar-refractivity contribution in [2.24, 2.45) is 0 Å². The molecule has 0 spiro atoms. The van der Waals surface area contributed by atoms with Crippen molar-refractivity contribution in [3.05, 3.63) is 29.3 Å². The van der Waals surface area contributed by atoms with Crippen LogP contribution in [0.5, 0.6) is 5.75 Å². The molecule has 0 atom stereocenters. The van der Waals surface area contributed by atoms with Crippen molar-refractivity contribution in [1.29, 1.82) is 0 Å². The maximum Gasteiger partial charge on any atom is 0.255 e. The van der Waals surface area contributed by atoms with Crippen molar-refractivity contribution in [3.8, 4) is 5.75 Å². The van der Waals surface area contributed by atoms with Crippen LogP contribution in [0.1, 0.15) is 183 Å². The average molecular weight is 573 g/mol. The normalized spacial score (nSPS) is 11.0. The number of hydrogen-bond acceptors (Lipinski definition) is 3. The second kappa shape index (κ2) is 26.8. The summed E-state index contributed by atoms with van der Waals surface area (Å²) in [5.41, 5.74) is 1.07. The summed E-state index contributed by atoms with van der Waals surface area (Å²) in [7, 11) is 0. The quantitative estimate of drug-likeness (QED) is 0.0982. The molecule has 5 nitrogen and oxygen atoms in total. The van der Waals surface area contributed by atoms with Crippen LogP contribution >= 0.6 is 0 Å². The Kier molecular flexibility index (Phi) is 24.2. The smallest absolute Gasteiger partial charge is 0.255 e. The van der Waals surface area contributed by atoms with Crippen LogP contribution in [0.3, 0.4) is 0 Å². The molecule has 5 heteroatoms. The second-order valence-corrected chi connectivity index (χ2v) is 11.8. The van der Waals surface area contributed by atoms with Crippen LogP contribution < -0.4 is 15.4 Å². The fourth-order valence-corrected chi connectivity index (χ4v) is 5.15. The second-order valence-electron chi connectivity index (χ2n) is 11.8. The molecule has 0 aliphatic heterocycles. The molecule has 2 amide bonds. The fourth-order valence-electron chi connectivity index (χ4n) is 5.15. The SMILES string of the molecule is CCCCCCCCCCCCCCCCOc1cc(C(=O)NCCCCCC)ccc1C(=O)NCCCCCC. The molecule has 0 saturated carbocycles. The Morgan fingerprint density at radius 1 is 0.537 bits per heavy atom. The zero-order valence-electron chi connectivity index (χ0n) is 27.1. The van der Waals surface area contributed by atoms with E-state index in [0.717, 1.165) is 38.5 Å². The van der Waals surface area contributed by atoms with E-state index in [4.69, 9.17) is 4.74 Å². The Bertz CT molecular complexity index is 780. The molecule has 41 heavy (non-hydrogen) atoms. The summed E-state index contributed by atoms with van der Waals surface area (Å²) in [6.45, 7) is 8.55. The average Bonchev–Trinajstić information content (AvgIpc) is 2.98. The third-order valence-electron chi connectivity index (χ3n) is 7.88. The van der Waals surface area contributed by atoms with Gasteiger partial charge < -0.3 is 15.4 Å². The van der Waals surface area contributed by atoms with Gasteiger partial charge in [-0.2, -0.15) is 0 Å². The van der Waals surface area contributed by atoms with Crippen LogP contribution in [-0.4, -0.2) is 31.5 Å². The lowest BCUT2D eigenvalue weighted by atomic mass is 10.0. The number of unbranched alkanes of at least 4 members (excludes halogenated alkanes) is 19. The van der Waals surface area contributed by atoms with Gasteiger partial charge in [0.05, 0.1) is 12.2 Å². The first-order chi connectivity index (χ1) is 20.1. The highest BCUT2D eigenvalue weighted by Crippen LogP contribution is 2.22. The molecule has 2 N–H and O–H groups in total. The van der Waals surface area contributed by atoms with Gasteiger partial charge in [-0.25, -0.2) is 0 Å². The highest BCUT2D eigenvalue weighted by molar-refractivity contribution is 6.00. The van der Waals surface area contributed by atoms with Gasteiger partial charge in [0.1, 0.15) is 5.75 Å². The van der Waals surface area contributed by atoms with Gasteiger partial charge in [0, 0.05) is 18.7 Å². The molecule has 0 fully saturated rings. The van der Waals surface area contributed by atoms with Gasteiger partial charge in [0.2, 0.25) is 0 Å². The maximum absolute atomic E-state index is 12.9. The number of amides is 2. The molecule has 0 heterocycles. The topological polar surface area (TPSA) is 67.4 Å². The Morgan fingerprint density at radius 3 is 1.44 bits per heavy atom. The minimum atomic E-state index is -0.121. The predicted octanol–water partition coefficient (Wildman–Crippen LogP) is 10.2. The summed E-state index contributed by atoms with van der Waals surface area (Å²) in [6, 6.07) is 5.23. The van der Waals surface area contributed by atoms with Crippen molar-refractivity contribution < 1.29 is 14.3 Å². The third-order valence-corrected chi connectivity index (χ3v) is 7.88. The molecule has 1 aromatic carbocycles. The highest BCUT2D eigenvalue weighted by Gasteiger charge is 2.16. The lowest BCUT2D eigenvalue weighted by Gasteiger charge is -2.14. The van der Waals surface area contributed by atoms with E-state index in [2.05, 4.69) is 31.4 Å². The van der Waals surface area contributed by atoms with E-state index in [-0.39, 0.29) is 11.8 Å². The zero-order chi connectivity index (χ0) is 29.8. The van der Waals surface area contributed by atoms with E-state index >= 15 is 0 Å². The molecule has 0 saturated heterocycles. The molecule has 236 valence electrons. The molecule has 1 aromatic rings. The number of benzene rings is 1. The monoisotopic (exact) mass is 572 g/mol. The van der Waals surface area contributed by atoms with Crippen LogP contribution in [0.15, 0.2) is 18.2 Å². The van der Waals surface area contributed by atoms with E-state index in [1.807, 2.05) is 0 Å². The van der Waals surface area contributed by atoms with Crippen LogP contribution in [-0.2, 0) is 0 Å². The lowest BCUT2D eigenvalue weighted by molar-refractivity contribution is 0.0937. The molecule has 0 radical (unpaired) electrons. The zero-order valence-corrected chi connectivity index (χ0v) is 27.1. The number of carbonyl (C=O) groups is 2. The molecule has 0 aliphatic rings. The van der Waals surface area contributed by atoms with E-state index in [9.17, 15) is 9.59 Å². The largest absolute Gasteiger partial charge is 0.493 e. The van der Waals surface area contributed by atoms with Gasteiger partial charge in [-0.15, -0.1) is 0 Å². The van der Waals surface area contributed by atoms with E-state index < -0.39 is 0 Å². The third kappa shape index (κ3) is 19.7. The standard InChI is InChI=1S/C36H64N2O3/c1-4-7-10-13-14-15-16-17-18-19-20-21-22-25-30-41-34-31-32(35(39)37-28-23-11-8-5-2)26-27-33(34)36(40)38-29-24-12-9-6-3/h26-27,31H,4-25,28-30H2,1-3H3,(H,37,39)(H,38,40). The van der Waals surface area contributed by atoms with Gasteiger partial charge in [-0.05, 0) is 37.5 Å². The first-order valence-electron chi connectivity index (χ1n) is 17.5. The number of carbonyl (C=O) groups excluding carboxylic acids is 2. The van der Waals surface area contributed by atoms with E-state index in [0.29, 0.717) is 36.6 Å². The summed E-state index contributed by atoms with van der Waals surface area (Å²) in [5, 5.41) is 6.05. The Balaban J connectivity index is 2.42. The number of ether oxygens (including phenoxy) is 1. The van der Waals surface area contributed by atoms with Gasteiger partial charge in [-0.1, -0.05) is 143 Å². The molecule has 0 aliphatic carbocycles. The summed E-state index contributed by atoms with van der Waals surface area (Å²) in [6.07, 6.45) is 27.4. The number of hydrogen-bond donors (Lipinski definition) is 2. The molecule has 0 unspecified atom stereocenters. The summed E-state index contributed by atoms with van der Waals surface area (Å²) >= 11 is 0. The van der Waals surface area contributed by atoms with Gasteiger partial charge >= 0.3 is 0 Å². The van der Waals surface area contributed by atoms with Crippen LogP contribution in [0.2, 0.25) is 0 Å². The molecule has 1 rings (SSSR count). The molecule has 0 aromatic heterocycles. The van der Waals surface area contributed by atoms with E-state index in [1.165, 1.54) is 103 Å². The lowest BCUT2D eigenvalue weighted by Crippen LogP contribution is -2.26. The Labute approximate surface area is 253 Å². The minimum Gasteiger partial charge on any atom is -0.493 e.